The van der Waals surface area contributed by atoms with Gasteiger partial charge in [-0.25, -0.2) is 8.78 Å². The van der Waals surface area contributed by atoms with Gasteiger partial charge >= 0.3 is 0 Å². The van der Waals surface area contributed by atoms with Crippen molar-refractivity contribution < 1.29 is 13.5 Å². The topological polar surface area (TPSA) is 9.23 Å². The van der Waals surface area contributed by atoms with Crippen LogP contribution in [0.25, 0.3) is 0 Å². The number of hydrogen-bond acceptors (Lipinski definition) is 1. The van der Waals surface area contributed by atoms with Crippen LogP contribution in [-0.4, -0.2) is 25.1 Å². The fraction of sp³-hybridized carbons (Fsp3) is 1.00. The maximum atomic E-state index is 14.5. The van der Waals surface area contributed by atoms with E-state index < -0.39 is 18.4 Å². The van der Waals surface area contributed by atoms with E-state index in [1.807, 2.05) is 6.92 Å². The predicted molar refractivity (Wildman–Crippen MR) is 82.9 cm³/mol. The molecule has 4 atom stereocenters. The molecule has 0 N–H and O–H groups in total. The third-order valence-corrected chi connectivity index (χ3v) is 5.58. The summed E-state index contributed by atoms with van der Waals surface area (Å²) in [6.45, 7) is 4.78. The highest BCUT2D eigenvalue weighted by atomic mass is 19.2. The van der Waals surface area contributed by atoms with Crippen LogP contribution in [0.15, 0.2) is 0 Å². The van der Waals surface area contributed by atoms with Gasteiger partial charge in [-0.3, -0.25) is 0 Å². The third-order valence-electron chi connectivity index (χ3n) is 5.58. The van der Waals surface area contributed by atoms with Crippen molar-refractivity contribution in [3.05, 3.63) is 0 Å². The first-order valence-corrected chi connectivity index (χ1v) is 9.07. The highest BCUT2D eigenvalue weighted by molar-refractivity contribution is 4.93. The van der Waals surface area contributed by atoms with Crippen LogP contribution in [0.5, 0.6) is 0 Å². The summed E-state index contributed by atoms with van der Waals surface area (Å²) in [4.78, 5) is 0. The second-order valence-electron chi connectivity index (χ2n) is 7.11. The van der Waals surface area contributed by atoms with Crippen LogP contribution in [0.1, 0.15) is 71.6 Å². The lowest BCUT2D eigenvalue weighted by Gasteiger charge is -2.41. The van der Waals surface area contributed by atoms with Gasteiger partial charge in [0.15, 0.2) is 6.17 Å². The SMILES string of the molecule is CCCOC1CCC(C2CCC(CCC)CC2)C(F)C1F. The lowest BCUT2D eigenvalue weighted by atomic mass is 9.69. The van der Waals surface area contributed by atoms with Crippen LogP contribution in [0.4, 0.5) is 8.78 Å². The Morgan fingerprint density at radius 2 is 1.57 bits per heavy atom. The molecule has 0 spiro atoms. The maximum Gasteiger partial charge on any atom is 0.157 e. The smallest absolute Gasteiger partial charge is 0.157 e. The first kappa shape index (κ1) is 17.2. The van der Waals surface area contributed by atoms with Crippen molar-refractivity contribution in [1.82, 2.24) is 0 Å². The Balaban J connectivity index is 1.82. The number of ether oxygens (including phenoxy) is 1. The molecule has 2 aliphatic rings. The van der Waals surface area contributed by atoms with Gasteiger partial charge in [-0.1, -0.05) is 39.5 Å². The van der Waals surface area contributed by atoms with Gasteiger partial charge < -0.3 is 4.74 Å². The van der Waals surface area contributed by atoms with E-state index in [9.17, 15) is 8.78 Å². The van der Waals surface area contributed by atoms with Gasteiger partial charge in [0.05, 0.1) is 6.10 Å². The van der Waals surface area contributed by atoms with E-state index >= 15 is 0 Å². The molecule has 0 amide bonds. The summed E-state index contributed by atoms with van der Waals surface area (Å²) >= 11 is 0. The molecule has 4 unspecified atom stereocenters. The normalized spacial score (nSPS) is 41.1. The Labute approximate surface area is 128 Å². The lowest BCUT2D eigenvalue weighted by molar-refractivity contribution is -0.0872. The summed E-state index contributed by atoms with van der Waals surface area (Å²) in [7, 11) is 0. The Morgan fingerprint density at radius 3 is 2.19 bits per heavy atom. The Hall–Kier alpha value is -0.180. The van der Waals surface area contributed by atoms with Crippen molar-refractivity contribution in [2.45, 2.75) is 90.1 Å². The number of alkyl halides is 2. The second kappa shape index (κ2) is 8.45. The quantitative estimate of drug-likeness (QED) is 0.632. The monoisotopic (exact) mass is 302 g/mol. The van der Waals surface area contributed by atoms with E-state index in [1.54, 1.807) is 0 Å². The van der Waals surface area contributed by atoms with E-state index in [0.717, 1.165) is 31.6 Å². The van der Waals surface area contributed by atoms with Crippen LogP contribution in [-0.2, 0) is 4.74 Å². The van der Waals surface area contributed by atoms with Gasteiger partial charge in [-0.2, -0.15) is 0 Å². The van der Waals surface area contributed by atoms with Crippen molar-refractivity contribution in [2.24, 2.45) is 17.8 Å². The molecule has 21 heavy (non-hydrogen) atoms. The van der Waals surface area contributed by atoms with Crippen LogP contribution >= 0.6 is 0 Å². The van der Waals surface area contributed by atoms with Crippen molar-refractivity contribution in [3.8, 4) is 0 Å². The second-order valence-corrected chi connectivity index (χ2v) is 7.11. The molecule has 0 aromatic heterocycles. The fourth-order valence-corrected chi connectivity index (χ4v) is 4.37. The molecule has 0 radical (unpaired) electrons. The summed E-state index contributed by atoms with van der Waals surface area (Å²) < 4.78 is 34.2. The summed E-state index contributed by atoms with van der Waals surface area (Å²) in [6.07, 6.45) is 6.31. The van der Waals surface area contributed by atoms with Gasteiger partial charge in [-0.05, 0) is 49.9 Å². The molecule has 2 aliphatic carbocycles. The molecule has 0 bridgehead atoms. The summed E-state index contributed by atoms with van der Waals surface area (Å²) in [6, 6.07) is 0. The highest BCUT2D eigenvalue weighted by Crippen LogP contribution is 2.43. The molecule has 2 saturated carbocycles. The van der Waals surface area contributed by atoms with Crippen molar-refractivity contribution >= 4 is 0 Å². The van der Waals surface area contributed by atoms with Gasteiger partial charge in [0.1, 0.15) is 6.17 Å². The third kappa shape index (κ3) is 4.40. The van der Waals surface area contributed by atoms with E-state index in [-0.39, 0.29) is 5.92 Å². The lowest BCUT2D eigenvalue weighted by Crippen LogP contribution is -2.45. The largest absolute Gasteiger partial charge is 0.375 e. The van der Waals surface area contributed by atoms with Crippen LogP contribution in [0, 0.1) is 17.8 Å². The molecular formula is C18H32F2O. The average Bonchev–Trinajstić information content (AvgIpc) is 2.50. The zero-order valence-corrected chi connectivity index (χ0v) is 13.7. The van der Waals surface area contributed by atoms with Crippen molar-refractivity contribution in [2.75, 3.05) is 6.61 Å². The van der Waals surface area contributed by atoms with Gasteiger partial charge in [0.25, 0.3) is 0 Å². The molecule has 1 nitrogen and oxygen atoms in total. The van der Waals surface area contributed by atoms with E-state index in [4.69, 9.17) is 4.74 Å². The zero-order valence-electron chi connectivity index (χ0n) is 13.7. The highest BCUT2D eigenvalue weighted by Gasteiger charge is 2.44. The molecule has 2 fully saturated rings. The maximum absolute atomic E-state index is 14.5. The number of hydrogen-bond donors (Lipinski definition) is 0. The van der Waals surface area contributed by atoms with Gasteiger partial charge in [-0.15, -0.1) is 0 Å². The van der Waals surface area contributed by atoms with Gasteiger partial charge in [0.2, 0.25) is 0 Å². The molecule has 3 heteroatoms. The predicted octanol–water partition coefficient (Wildman–Crippen LogP) is 5.47. The molecule has 0 aromatic carbocycles. The van der Waals surface area contributed by atoms with Crippen molar-refractivity contribution in [1.29, 1.82) is 0 Å². The minimum atomic E-state index is -1.41. The van der Waals surface area contributed by atoms with E-state index in [2.05, 4.69) is 6.92 Å². The van der Waals surface area contributed by atoms with Crippen LogP contribution < -0.4 is 0 Å². The molecule has 0 aliphatic heterocycles. The molecule has 2 rings (SSSR count). The Kier molecular flexibility index (Phi) is 6.91. The summed E-state index contributed by atoms with van der Waals surface area (Å²) in [5.41, 5.74) is 0. The molecule has 0 aromatic rings. The summed E-state index contributed by atoms with van der Waals surface area (Å²) in [5.74, 6) is 1.16. The first-order valence-electron chi connectivity index (χ1n) is 9.07. The van der Waals surface area contributed by atoms with E-state index in [1.165, 1.54) is 25.7 Å². The minimum Gasteiger partial charge on any atom is -0.375 e. The molecule has 0 heterocycles. The first-order chi connectivity index (χ1) is 10.2. The molecule has 0 saturated heterocycles. The molecular weight excluding hydrogens is 270 g/mol. The minimum absolute atomic E-state index is 0.0657. The standard InChI is InChI=1S/C18H32F2O/c1-3-5-13-6-8-14(9-7-13)15-10-11-16(21-12-4-2)18(20)17(15)19/h13-18H,3-12H2,1-2H3. The number of halogens is 2. The average molecular weight is 302 g/mol. The van der Waals surface area contributed by atoms with E-state index in [0.29, 0.717) is 18.9 Å². The van der Waals surface area contributed by atoms with Crippen molar-refractivity contribution in [3.63, 3.8) is 0 Å². The fourth-order valence-electron chi connectivity index (χ4n) is 4.37. The Bertz CT molecular complexity index is 287. The zero-order chi connectivity index (χ0) is 15.2. The van der Waals surface area contributed by atoms with Crippen LogP contribution in [0.3, 0.4) is 0 Å². The van der Waals surface area contributed by atoms with Gasteiger partial charge in [0, 0.05) is 6.61 Å². The Morgan fingerprint density at radius 1 is 0.857 bits per heavy atom. The summed E-state index contributed by atoms with van der Waals surface area (Å²) in [5, 5.41) is 0. The van der Waals surface area contributed by atoms with Crippen LogP contribution in [0.2, 0.25) is 0 Å². The molecule has 124 valence electrons. The number of rotatable bonds is 6.